The van der Waals surface area contributed by atoms with Crippen molar-refractivity contribution >= 4 is 27.4 Å². The summed E-state index contributed by atoms with van der Waals surface area (Å²) in [6, 6.07) is 10.7. The summed E-state index contributed by atoms with van der Waals surface area (Å²) in [7, 11) is 2.01. The van der Waals surface area contributed by atoms with Gasteiger partial charge in [-0.2, -0.15) is 5.10 Å². The number of H-pyrrole nitrogens is 2. The number of imidazole rings is 1. The molecule has 6 heteroatoms. The lowest BCUT2D eigenvalue weighted by atomic mass is 10.0. The van der Waals surface area contributed by atoms with Gasteiger partial charge in [-0.15, -0.1) is 0 Å². The van der Waals surface area contributed by atoms with Crippen molar-refractivity contribution in [1.82, 2.24) is 29.7 Å². The van der Waals surface area contributed by atoms with E-state index < -0.39 is 0 Å². The summed E-state index contributed by atoms with van der Waals surface area (Å²) in [5.74, 6) is 0.956. The number of benzene rings is 1. The fourth-order valence-electron chi connectivity index (χ4n) is 4.19. The number of nitrogens with one attached hydrogen (secondary N) is 2. The van der Waals surface area contributed by atoms with Gasteiger partial charge in [-0.25, -0.2) is 4.98 Å². The Kier molecular flexibility index (Phi) is 3.56. The van der Waals surface area contributed by atoms with Gasteiger partial charge >= 0.3 is 0 Å². The van der Waals surface area contributed by atoms with E-state index in [9.17, 15) is 0 Å². The maximum Gasteiger partial charge on any atom is 0.116 e. The molecule has 0 atom stereocenters. The van der Waals surface area contributed by atoms with Crippen LogP contribution in [0.5, 0.6) is 0 Å². The summed E-state index contributed by atoms with van der Waals surface area (Å²) < 4.78 is 2.05. The third-order valence-electron chi connectivity index (χ3n) is 5.93. The Morgan fingerprint density at radius 2 is 1.97 bits per heavy atom. The summed E-state index contributed by atoms with van der Waals surface area (Å²) in [5, 5.41) is 9.97. The zero-order chi connectivity index (χ0) is 20.2. The van der Waals surface area contributed by atoms with E-state index in [4.69, 9.17) is 0 Å². The second-order valence-corrected chi connectivity index (χ2v) is 7.68. The van der Waals surface area contributed by atoms with Gasteiger partial charge in [0.05, 0.1) is 35.0 Å². The molecule has 0 saturated heterocycles. The molecule has 0 fully saturated rings. The van der Waals surface area contributed by atoms with Crippen molar-refractivity contribution in [2.24, 2.45) is 7.05 Å². The monoisotopic (exact) mass is 392 g/mol. The Morgan fingerprint density at radius 3 is 2.77 bits per heavy atom. The molecule has 6 nitrogen and oxygen atoms in total. The van der Waals surface area contributed by atoms with Crippen molar-refractivity contribution < 1.29 is 0 Å². The molecule has 146 valence electrons. The zero-order valence-corrected chi connectivity index (χ0v) is 16.8. The van der Waals surface area contributed by atoms with Gasteiger partial charge < -0.3 is 9.55 Å². The van der Waals surface area contributed by atoms with E-state index in [0.717, 1.165) is 51.4 Å². The number of allylic oxidation sites excluding steroid dienone is 4. The first-order valence-corrected chi connectivity index (χ1v) is 10.0. The smallest absolute Gasteiger partial charge is 0.116 e. The van der Waals surface area contributed by atoms with Gasteiger partial charge in [0.2, 0.25) is 0 Å². The normalized spacial score (nSPS) is 13.6. The van der Waals surface area contributed by atoms with Crippen LogP contribution in [-0.4, -0.2) is 29.7 Å². The van der Waals surface area contributed by atoms with Crippen molar-refractivity contribution in [2.75, 3.05) is 0 Å². The molecule has 0 radical (unpaired) electrons. The number of fused-ring (bicyclic) bond motifs is 2. The summed E-state index contributed by atoms with van der Waals surface area (Å²) in [5.41, 5.74) is 8.29. The average Bonchev–Trinajstić information content (AvgIpc) is 3.54. The SMILES string of the molecule is Cc1ncc(-c2cc3c(-c4cc5c(C6=CCC=C6)cccc5[nH]4)n[nH]c3cn2)n1C. The predicted molar refractivity (Wildman–Crippen MR) is 120 cm³/mol. The predicted octanol–water partition coefficient (Wildman–Crippen LogP) is 5.16. The highest BCUT2D eigenvalue weighted by molar-refractivity contribution is 6.01. The van der Waals surface area contributed by atoms with Gasteiger partial charge in [0.25, 0.3) is 0 Å². The van der Waals surface area contributed by atoms with E-state index in [1.807, 2.05) is 30.9 Å². The van der Waals surface area contributed by atoms with Crippen molar-refractivity contribution in [2.45, 2.75) is 13.3 Å². The number of aromatic nitrogens is 6. The van der Waals surface area contributed by atoms with Crippen LogP contribution in [0, 0.1) is 6.92 Å². The van der Waals surface area contributed by atoms with E-state index in [0.29, 0.717) is 0 Å². The van der Waals surface area contributed by atoms with Crippen LogP contribution in [0.3, 0.4) is 0 Å². The molecule has 6 rings (SSSR count). The van der Waals surface area contributed by atoms with Crippen LogP contribution in [0.1, 0.15) is 17.8 Å². The molecule has 0 saturated carbocycles. The lowest BCUT2D eigenvalue weighted by Crippen LogP contribution is -1.95. The fraction of sp³-hybridized carbons (Fsp3) is 0.125. The van der Waals surface area contributed by atoms with E-state index in [1.54, 1.807) is 0 Å². The third-order valence-corrected chi connectivity index (χ3v) is 5.93. The summed E-state index contributed by atoms with van der Waals surface area (Å²) >= 11 is 0. The van der Waals surface area contributed by atoms with Crippen LogP contribution in [0.2, 0.25) is 0 Å². The average molecular weight is 392 g/mol. The van der Waals surface area contributed by atoms with E-state index in [-0.39, 0.29) is 0 Å². The number of hydrogen-bond donors (Lipinski definition) is 2. The Morgan fingerprint density at radius 1 is 1.03 bits per heavy atom. The molecule has 4 heterocycles. The van der Waals surface area contributed by atoms with E-state index in [2.05, 4.69) is 73.7 Å². The molecule has 1 aliphatic carbocycles. The number of aryl methyl sites for hydroxylation is 1. The fourth-order valence-corrected chi connectivity index (χ4v) is 4.19. The number of aromatic amines is 2. The Hall–Kier alpha value is -3.93. The van der Waals surface area contributed by atoms with Crippen LogP contribution in [0.4, 0.5) is 0 Å². The van der Waals surface area contributed by atoms with Crippen LogP contribution in [0.15, 0.2) is 61.0 Å². The van der Waals surface area contributed by atoms with Crippen molar-refractivity contribution in [3.63, 3.8) is 0 Å². The number of hydrogen-bond acceptors (Lipinski definition) is 3. The maximum absolute atomic E-state index is 4.61. The minimum absolute atomic E-state index is 0.881. The van der Waals surface area contributed by atoms with Crippen LogP contribution in [-0.2, 0) is 7.05 Å². The lowest BCUT2D eigenvalue weighted by Gasteiger charge is -2.03. The van der Waals surface area contributed by atoms with Gasteiger partial charge in [-0.3, -0.25) is 10.1 Å². The molecule has 1 aromatic carbocycles. The van der Waals surface area contributed by atoms with Crippen molar-refractivity contribution in [3.05, 3.63) is 72.3 Å². The molecule has 2 N–H and O–H groups in total. The van der Waals surface area contributed by atoms with Crippen molar-refractivity contribution in [1.29, 1.82) is 0 Å². The molecule has 30 heavy (non-hydrogen) atoms. The molecule has 0 aliphatic heterocycles. The Labute approximate surface area is 173 Å². The van der Waals surface area contributed by atoms with Crippen LogP contribution in [0.25, 0.3) is 50.2 Å². The minimum Gasteiger partial charge on any atom is -0.353 e. The summed E-state index contributed by atoms with van der Waals surface area (Å²) in [4.78, 5) is 12.6. The molecule has 0 unspecified atom stereocenters. The number of nitrogens with zero attached hydrogens (tertiary/aromatic N) is 4. The van der Waals surface area contributed by atoms with Crippen molar-refractivity contribution in [3.8, 4) is 22.8 Å². The third kappa shape index (κ3) is 2.47. The Bertz CT molecular complexity index is 1490. The van der Waals surface area contributed by atoms with Gasteiger partial charge in [0.15, 0.2) is 0 Å². The topological polar surface area (TPSA) is 75.2 Å². The minimum atomic E-state index is 0.881. The summed E-state index contributed by atoms with van der Waals surface area (Å²) in [6.45, 7) is 1.99. The first kappa shape index (κ1) is 17.0. The standard InChI is InChI=1S/C24H20N6/c1-14-25-13-23(30(14)2)20-11-18-22(12-26-20)28-29-24(18)21-10-17-16(15-6-3-4-7-15)8-5-9-19(17)27-21/h3,5-13,27H,4H2,1-2H3,(H,28,29). The highest BCUT2D eigenvalue weighted by atomic mass is 15.1. The maximum atomic E-state index is 4.61. The largest absolute Gasteiger partial charge is 0.353 e. The van der Waals surface area contributed by atoms with Gasteiger partial charge in [0, 0.05) is 23.3 Å². The number of pyridine rings is 1. The first-order chi connectivity index (χ1) is 14.7. The van der Waals surface area contributed by atoms with E-state index >= 15 is 0 Å². The number of rotatable bonds is 3. The quantitative estimate of drug-likeness (QED) is 0.445. The van der Waals surface area contributed by atoms with E-state index in [1.165, 1.54) is 16.5 Å². The zero-order valence-electron chi connectivity index (χ0n) is 16.8. The highest BCUT2D eigenvalue weighted by Crippen LogP contribution is 2.34. The van der Waals surface area contributed by atoms with Crippen LogP contribution < -0.4 is 0 Å². The molecule has 4 aromatic heterocycles. The van der Waals surface area contributed by atoms with Crippen LogP contribution >= 0.6 is 0 Å². The lowest BCUT2D eigenvalue weighted by molar-refractivity contribution is 0.862. The molecule has 5 aromatic rings. The Balaban J connectivity index is 1.52. The molecular formula is C24H20N6. The van der Waals surface area contributed by atoms with Gasteiger partial charge in [0.1, 0.15) is 11.5 Å². The molecule has 1 aliphatic rings. The second-order valence-electron chi connectivity index (χ2n) is 7.68. The highest BCUT2D eigenvalue weighted by Gasteiger charge is 2.16. The molecule has 0 spiro atoms. The van der Waals surface area contributed by atoms with Gasteiger partial charge in [-0.05, 0) is 42.7 Å². The summed E-state index contributed by atoms with van der Waals surface area (Å²) in [6.07, 6.45) is 11.3. The first-order valence-electron chi connectivity index (χ1n) is 10.0. The second kappa shape index (κ2) is 6.29. The molecular weight excluding hydrogens is 372 g/mol. The molecule has 0 bridgehead atoms. The molecule has 0 amide bonds. The van der Waals surface area contributed by atoms with Gasteiger partial charge in [-0.1, -0.05) is 30.4 Å².